The van der Waals surface area contributed by atoms with E-state index >= 15 is 0 Å². The minimum Gasteiger partial charge on any atom is -0.314 e. The van der Waals surface area contributed by atoms with Crippen molar-refractivity contribution in [1.29, 1.82) is 0 Å². The molecule has 0 unspecified atom stereocenters. The number of nitrogens with zero attached hydrogens (tertiary/aromatic N) is 6. The molecule has 1 aliphatic heterocycles. The number of anilines is 2. The predicted octanol–water partition coefficient (Wildman–Crippen LogP) is 3.67. The van der Waals surface area contributed by atoms with Crippen molar-refractivity contribution in [1.82, 2.24) is 34.9 Å². The SMILES string of the molecule is Cn1nc2ccc(-c3nc(Nc4ccc(CN5CCNCC5)cn4)ncc3F)cc2c1CC1CC1. The number of pyridine rings is 1. The van der Waals surface area contributed by atoms with Gasteiger partial charge in [-0.2, -0.15) is 5.10 Å². The first kappa shape index (κ1) is 22.1. The Morgan fingerprint density at radius 3 is 2.71 bits per heavy atom. The molecule has 0 amide bonds. The minimum absolute atomic E-state index is 0.265. The standard InChI is InChI=1S/C26H29FN8/c1-34-23(12-17-2-3-17)20-13-19(5-6-22(20)33-34)25-21(27)15-30-26(32-25)31-24-7-4-18(14-29-24)16-35-10-8-28-9-11-35/h4-7,13-15,17,28H,2-3,8-12,16H2,1H3,(H,29,30,31,32). The molecule has 4 aromatic rings. The van der Waals surface area contributed by atoms with Gasteiger partial charge in [-0.25, -0.2) is 19.3 Å². The van der Waals surface area contributed by atoms with E-state index in [4.69, 9.17) is 0 Å². The topological polar surface area (TPSA) is 83.8 Å². The minimum atomic E-state index is -0.457. The molecule has 1 aliphatic carbocycles. The second-order valence-electron chi connectivity index (χ2n) is 9.54. The highest BCUT2D eigenvalue weighted by Gasteiger charge is 2.25. The molecule has 3 aromatic heterocycles. The van der Waals surface area contributed by atoms with Crippen molar-refractivity contribution in [3.05, 3.63) is 59.8 Å². The second kappa shape index (κ2) is 9.31. The largest absolute Gasteiger partial charge is 0.314 e. The Balaban J connectivity index is 1.22. The lowest BCUT2D eigenvalue weighted by Crippen LogP contribution is -2.42. The van der Waals surface area contributed by atoms with Gasteiger partial charge in [0.15, 0.2) is 5.82 Å². The van der Waals surface area contributed by atoms with E-state index in [2.05, 4.69) is 41.7 Å². The van der Waals surface area contributed by atoms with Crippen LogP contribution in [-0.2, 0) is 20.0 Å². The quantitative estimate of drug-likeness (QED) is 0.425. The Kier molecular flexibility index (Phi) is 5.87. The molecule has 9 heteroatoms. The average molecular weight is 473 g/mol. The average Bonchev–Trinajstić information content (AvgIpc) is 3.65. The van der Waals surface area contributed by atoms with E-state index in [9.17, 15) is 4.39 Å². The molecule has 6 rings (SSSR count). The summed E-state index contributed by atoms with van der Waals surface area (Å²) in [6.45, 7) is 5.00. The van der Waals surface area contributed by atoms with E-state index in [1.807, 2.05) is 42.2 Å². The molecule has 2 aliphatic rings. The first-order valence-electron chi connectivity index (χ1n) is 12.3. The fourth-order valence-electron chi connectivity index (χ4n) is 4.70. The highest BCUT2D eigenvalue weighted by molar-refractivity contribution is 5.86. The van der Waals surface area contributed by atoms with Crippen molar-refractivity contribution in [2.45, 2.75) is 25.8 Å². The molecule has 0 radical (unpaired) electrons. The van der Waals surface area contributed by atoms with Crippen LogP contribution in [0.25, 0.3) is 22.2 Å². The Labute approximate surface area is 203 Å². The number of rotatable bonds is 7. The lowest BCUT2D eigenvalue weighted by Gasteiger charge is -2.27. The van der Waals surface area contributed by atoms with Crippen LogP contribution >= 0.6 is 0 Å². The van der Waals surface area contributed by atoms with Crippen LogP contribution in [0.1, 0.15) is 24.1 Å². The van der Waals surface area contributed by atoms with E-state index in [1.165, 1.54) is 24.7 Å². The van der Waals surface area contributed by atoms with Crippen molar-refractivity contribution in [2.24, 2.45) is 13.0 Å². The van der Waals surface area contributed by atoms with Gasteiger partial charge in [-0.05, 0) is 48.9 Å². The van der Waals surface area contributed by atoms with E-state index in [0.717, 1.165) is 61.5 Å². The fourth-order valence-corrected chi connectivity index (χ4v) is 4.70. The molecule has 0 spiro atoms. The molecule has 35 heavy (non-hydrogen) atoms. The van der Waals surface area contributed by atoms with Crippen molar-refractivity contribution in [3.8, 4) is 11.3 Å². The molecule has 8 nitrogen and oxygen atoms in total. The molecule has 2 N–H and O–H groups in total. The summed E-state index contributed by atoms with van der Waals surface area (Å²) in [6, 6.07) is 9.77. The van der Waals surface area contributed by atoms with Gasteiger partial charge >= 0.3 is 0 Å². The third-order valence-electron chi connectivity index (χ3n) is 6.83. The summed E-state index contributed by atoms with van der Waals surface area (Å²) >= 11 is 0. The first-order valence-corrected chi connectivity index (χ1v) is 12.3. The van der Waals surface area contributed by atoms with Gasteiger partial charge in [0.25, 0.3) is 0 Å². The number of aromatic nitrogens is 5. The summed E-state index contributed by atoms with van der Waals surface area (Å²) in [5, 5.41) is 12.2. The number of piperazine rings is 1. The van der Waals surface area contributed by atoms with Crippen LogP contribution in [0.3, 0.4) is 0 Å². The first-order chi connectivity index (χ1) is 17.1. The molecular formula is C26H29FN8. The van der Waals surface area contributed by atoms with Gasteiger partial charge in [-0.15, -0.1) is 0 Å². The van der Waals surface area contributed by atoms with Crippen molar-refractivity contribution < 1.29 is 4.39 Å². The maximum absolute atomic E-state index is 14.8. The maximum atomic E-state index is 14.8. The van der Waals surface area contributed by atoms with Crippen molar-refractivity contribution >= 4 is 22.7 Å². The molecule has 1 saturated heterocycles. The molecule has 180 valence electrons. The van der Waals surface area contributed by atoms with E-state index in [0.29, 0.717) is 17.3 Å². The summed E-state index contributed by atoms with van der Waals surface area (Å²) in [7, 11) is 1.98. The molecular weight excluding hydrogens is 443 g/mol. The fraction of sp³-hybridized carbons (Fsp3) is 0.385. The smallest absolute Gasteiger partial charge is 0.229 e. The second-order valence-corrected chi connectivity index (χ2v) is 9.54. The van der Waals surface area contributed by atoms with Crippen molar-refractivity contribution in [3.63, 3.8) is 0 Å². The number of hydrogen-bond donors (Lipinski definition) is 2. The normalized spacial score (nSPS) is 16.6. The van der Waals surface area contributed by atoms with Crippen LogP contribution in [-0.4, -0.2) is 55.8 Å². The van der Waals surface area contributed by atoms with E-state index < -0.39 is 5.82 Å². The van der Waals surface area contributed by atoms with Gasteiger partial charge in [0.2, 0.25) is 5.95 Å². The van der Waals surface area contributed by atoms with Crippen LogP contribution in [0.2, 0.25) is 0 Å². The number of nitrogens with one attached hydrogen (secondary N) is 2. The van der Waals surface area contributed by atoms with Gasteiger partial charge in [0.1, 0.15) is 11.5 Å². The van der Waals surface area contributed by atoms with Crippen LogP contribution in [0.4, 0.5) is 16.2 Å². The summed E-state index contributed by atoms with van der Waals surface area (Å²) in [5.74, 6) is 1.22. The van der Waals surface area contributed by atoms with Gasteiger partial charge in [0.05, 0.1) is 11.7 Å². The third kappa shape index (κ3) is 4.87. The molecule has 1 aromatic carbocycles. The maximum Gasteiger partial charge on any atom is 0.229 e. The van der Waals surface area contributed by atoms with Crippen LogP contribution in [0, 0.1) is 11.7 Å². The summed E-state index contributed by atoms with van der Waals surface area (Å²) in [4.78, 5) is 15.6. The predicted molar refractivity (Wildman–Crippen MR) is 134 cm³/mol. The van der Waals surface area contributed by atoms with Crippen LogP contribution < -0.4 is 10.6 Å². The summed E-state index contributed by atoms with van der Waals surface area (Å²) in [5.41, 5.74) is 4.25. The number of hydrogen-bond acceptors (Lipinski definition) is 7. The Morgan fingerprint density at radius 2 is 1.94 bits per heavy atom. The van der Waals surface area contributed by atoms with Gasteiger partial charge in [0, 0.05) is 62.6 Å². The number of benzene rings is 1. The van der Waals surface area contributed by atoms with Crippen molar-refractivity contribution in [2.75, 3.05) is 31.5 Å². The van der Waals surface area contributed by atoms with Gasteiger partial charge < -0.3 is 10.6 Å². The highest BCUT2D eigenvalue weighted by atomic mass is 19.1. The van der Waals surface area contributed by atoms with E-state index in [-0.39, 0.29) is 5.69 Å². The monoisotopic (exact) mass is 472 g/mol. The lowest BCUT2D eigenvalue weighted by atomic mass is 10.1. The molecule has 2 fully saturated rings. The Morgan fingerprint density at radius 1 is 1.09 bits per heavy atom. The van der Waals surface area contributed by atoms with Gasteiger partial charge in [-0.1, -0.05) is 12.1 Å². The van der Waals surface area contributed by atoms with Crippen LogP contribution in [0.5, 0.6) is 0 Å². The van der Waals surface area contributed by atoms with Crippen LogP contribution in [0.15, 0.2) is 42.7 Å². The zero-order valence-corrected chi connectivity index (χ0v) is 19.8. The Hall–Kier alpha value is -3.43. The molecule has 4 heterocycles. The number of fused-ring (bicyclic) bond motifs is 1. The molecule has 0 bridgehead atoms. The summed E-state index contributed by atoms with van der Waals surface area (Å²) in [6.07, 6.45) is 6.62. The third-order valence-corrected chi connectivity index (χ3v) is 6.83. The van der Waals surface area contributed by atoms with E-state index in [1.54, 1.807) is 0 Å². The van der Waals surface area contributed by atoms with Gasteiger partial charge in [-0.3, -0.25) is 9.58 Å². The number of aryl methyl sites for hydroxylation is 1. The highest BCUT2D eigenvalue weighted by Crippen LogP contribution is 2.35. The Bertz CT molecular complexity index is 1340. The summed E-state index contributed by atoms with van der Waals surface area (Å²) < 4.78 is 16.7. The molecule has 1 saturated carbocycles. The zero-order chi connectivity index (χ0) is 23.8. The zero-order valence-electron chi connectivity index (χ0n) is 19.8. The molecule has 0 atom stereocenters. The lowest BCUT2D eigenvalue weighted by molar-refractivity contribution is 0.233. The number of halogens is 1.